The third-order valence-electron chi connectivity index (χ3n) is 3.72. The van der Waals surface area contributed by atoms with Gasteiger partial charge in [-0.15, -0.1) is 0 Å². The Kier molecular flexibility index (Phi) is 9.33. The van der Waals surface area contributed by atoms with E-state index in [2.05, 4.69) is 10.6 Å². The molecule has 0 saturated heterocycles. The van der Waals surface area contributed by atoms with Crippen LogP contribution in [0.2, 0.25) is 0 Å². The molecule has 9 heteroatoms. The van der Waals surface area contributed by atoms with Gasteiger partial charge in [0.2, 0.25) is 11.8 Å². The lowest BCUT2D eigenvalue weighted by atomic mass is 9.98. The first-order valence-corrected chi connectivity index (χ1v) is 8.41. The van der Waals surface area contributed by atoms with Gasteiger partial charge in [-0.05, 0) is 11.5 Å². The van der Waals surface area contributed by atoms with Gasteiger partial charge in [-0.2, -0.15) is 5.26 Å². The largest absolute Gasteiger partial charge is 0.445 e. The van der Waals surface area contributed by atoms with Gasteiger partial charge in [-0.25, -0.2) is 4.79 Å². The quantitative estimate of drug-likeness (QED) is 0.457. The zero-order chi connectivity index (χ0) is 20.2. The highest BCUT2D eigenvalue weighted by Gasteiger charge is 2.25. The molecule has 27 heavy (non-hydrogen) atoms. The van der Waals surface area contributed by atoms with Crippen LogP contribution in [-0.4, -0.2) is 41.7 Å². The first-order chi connectivity index (χ1) is 12.8. The van der Waals surface area contributed by atoms with Crippen molar-refractivity contribution in [2.45, 2.75) is 38.5 Å². The maximum Gasteiger partial charge on any atom is 0.407 e. The number of nitrogens with one attached hydrogen (secondary N) is 2. The fourth-order valence-corrected chi connectivity index (χ4v) is 2.25. The molecule has 0 aromatic heterocycles. The highest BCUT2D eigenvalue weighted by atomic mass is 16.5. The van der Waals surface area contributed by atoms with E-state index in [-0.39, 0.29) is 26.0 Å². The van der Waals surface area contributed by atoms with Crippen molar-refractivity contribution in [3.05, 3.63) is 35.9 Å². The van der Waals surface area contributed by atoms with Crippen LogP contribution in [0.1, 0.15) is 25.3 Å². The number of ether oxygens (including phenoxy) is 1. The number of primary amides is 1. The summed E-state index contributed by atoms with van der Waals surface area (Å²) >= 11 is 0. The van der Waals surface area contributed by atoms with E-state index in [1.807, 2.05) is 24.3 Å². The Morgan fingerprint density at radius 3 is 2.56 bits per heavy atom. The predicted molar refractivity (Wildman–Crippen MR) is 95.8 cm³/mol. The summed E-state index contributed by atoms with van der Waals surface area (Å²) in [6, 6.07) is 9.97. The highest BCUT2D eigenvalue weighted by Crippen LogP contribution is 2.08. The molecule has 3 amide bonds. The third kappa shape index (κ3) is 8.69. The molecule has 0 fully saturated rings. The number of hydrogen-bond donors (Lipinski definition) is 4. The van der Waals surface area contributed by atoms with Crippen molar-refractivity contribution in [2.24, 2.45) is 11.7 Å². The van der Waals surface area contributed by atoms with Gasteiger partial charge in [0.15, 0.2) is 0 Å². The number of nitrogens with two attached hydrogens (primary N) is 1. The Morgan fingerprint density at radius 2 is 1.96 bits per heavy atom. The van der Waals surface area contributed by atoms with Gasteiger partial charge in [0.05, 0.1) is 18.6 Å². The zero-order valence-electron chi connectivity index (χ0n) is 15.1. The standard InChI is InChI=1S/C18H24N4O5/c1-12(7-8-19)16(17(20)25)22-15(24)9-14(23)10-21-18(26)27-11-13-5-3-2-4-6-13/h2-6,12,14,16,23H,7,9-11H2,1H3,(H2,20,25)(H,21,26)(H,22,24)/t12-,14+,16-/m0/s1. The molecule has 0 heterocycles. The second-order valence-corrected chi connectivity index (χ2v) is 6.09. The van der Waals surface area contributed by atoms with Crippen LogP contribution in [0.3, 0.4) is 0 Å². The summed E-state index contributed by atoms with van der Waals surface area (Å²) in [5, 5.41) is 23.3. The van der Waals surface area contributed by atoms with Crippen LogP contribution in [0.15, 0.2) is 30.3 Å². The number of aliphatic hydroxyl groups is 1. The van der Waals surface area contributed by atoms with Crippen LogP contribution >= 0.6 is 0 Å². The molecule has 0 spiro atoms. The minimum atomic E-state index is -1.17. The molecule has 1 rings (SSSR count). The minimum absolute atomic E-state index is 0.0469. The average Bonchev–Trinajstić information content (AvgIpc) is 2.63. The third-order valence-corrected chi connectivity index (χ3v) is 3.72. The molecule has 146 valence electrons. The number of hydrogen-bond acceptors (Lipinski definition) is 6. The molecular weight excluding hydrogens is 352 g/mol. The van der Waals surface area contributed by atoms with Crippen LogP contribution in [-0.2, 0) is 20.9 Å². The van der Waals surface area contributed by atoms with Crippen LogP contribution in [0.5, 0.6) is 0 Å². The summed E-state index contributed by atoms with van der Waals surface area (Å²) in [7, 11) is 0. The van der Waals surface area contributed by atoms with E-state index in [9.17, 15) is 19.5 Å². The Labute approximate surface area is 157 Å². The highest BCUT2D eigenvalue weighted by molar-refractivity contribution is 5.87. The molecular formula is C18H24N4O5. The SMILES string of the molecule is C[C@@H](CC#N)[C@H](NC(=O)C[C@@H](O)CNC(=O)OCc1ccccc1)C(N)=O. The van der Waals surface area contributed by atoms with E-state index >= 15 is 0 Å². The van der Waals surface area contributed by atoms with Crippen molar-refractivity contribution in [1.82, 2.24) is 10.6 Å². The topological polar surface area (TPSA) is 155 Å². The van der Waals surface area contributed by atoms with Gasteiger partial charge in [0.1, 0.15) is 12.6 Å². The number of amides is 3. The van der Waals surface area contributed by atoms with Crippen LogP contribution in [0.25, 0.3) is 0 Å². The fourth-order valence-electron chi connectivity index (χ4n) is 2.25. The predicted octanol–water partition coefficient (Wildman–Crippen LogP) is 0.184. The van der Waals surface area contributed by atoms with E-state index in [4.69, 9.17) is 15.7 Å². The lowest BCUT2D eigenvalue weighted by Crippen LogP contribution is -2.49. The second-order valence-electron chi connectivity index (χ2n) is 6.09. The van der Waals surface area contributed by atoms with Gasteiger partial charge in [0, 0.05) is 13.0 Å². The first-order valence-electron chi connectivity index (χ1n) is 8.41. The molecule has 0 unspecified atom stereocenters. The van der Waals surface area contributed by atoms with Crippen molar-refractivity contribution in [3.63, 3.8) is 0 Å². The minimum Gasteiger partial charge on any atom is -0.445 e. The summed E-state index contributed by atoms with van der Waals surface area (Å²) in [6.45, 7) is 1.50. The lowest BCUT2D eigenvalue weighted by molar-refractivity contribution is -0.129. The van der Waals surface area contributed by atoms with E-state index in [0.717, 1.165) is 5.56 Å². The number of nitrogens with zero attached hydrogens (tertiary/aromatic N) is 1. The summed E-state index contributed by atoms with van der Waals surface area (Å²) in [4.78, 5) is 34.9. The first kappa shape index (κ1) is 21.9. The molecule has 0 radical (unpaired) electrons. The van der Waals surface area contributed by atoms with Gasteiger partial charge in [0.25, 0.3) is 0 Å². The number of carbonyl (C=O) groups excluding carboxylic acids is 3. The van der Waals surface area contributed by atoms with Crippen molar-refractivity contribution >= 4 is 17.9 Å². The van der Waals surface area contributed by atoms with Crippen LogP contribution in [0, 0.1) is 17.2 Å². The van der Waals surface area contributed by atoms with Crippen LogP contribution < -0.4 is 16.4 Å². The van der Waals surface area contributed by atoms with Crippen molar-refractivity contribution in [3.8, 4) is 6.07 Å². The molecule has 1 aromatic carbocycles. The number of alkyl carbamates (subject to hydrolysis) is 1. The Bertz CT molecular complexity index is 674. The fraction of sp³-hybridized carbons (Fsp3) is 0.444. The molecule has 3 atom stereocenters. The maximum atomic E-state index is 11.9. The van der Waals surface area contributed by atoms with E-state index < -0.39 is 36.0 Å². The van der Waals surface area contributed by atoms with Crippen molar-refractivity contribution in [1.29, 1.82) is 5.26 Å². The molecule has 0 saturated carbocycles. The molecule has 0 bridgehead atoms. The summed E-state index contributed by atoms with van der Waals surface area (Å²) in [5.41, 5.74) is 6.04. The zero-order valence-corrected chi connectivity index (χ0v) is 15.1. The lowest BCUT2D eigenvalue weighted by Gasteiger charge is -2.21. The number of carbonyl (C=O) groups is 3. The molecule has 0 aliphatic rings. The smallest absolute Gasteiger partial charge is 0.407 e. The monoisotopic (exact) mass is 376 g/mol. The maximum absolute atomic E-state index is 11.9. The molecule has 5 N–H and O–H groups in total. The van der Waals surface area contributed by atoms with Crippen molar-refractivity contribution < 1.29 is 24.2 Å². The average molecular weight is 376 g/mol. The molecule has 0 aliphatic heterocycles. The van der Waals surface area contributed by atoms with Crippen molar-refractivity contribution in [2.75, 3.05) is 6.54 Å². The van der Waals surface area contributed by atoms with E-state index in [0.29, 0.717) is 0 Å². The van der Waals surface area contributed by atoms with E-state index in [1.54, 1.807) is 19.1 Å². The Hall–Kier alpha value is -3.12. The van der Waals surface area contributed by atoms with Gasteiger partial charge < -0.3 is 26.2 Å². The van der Waals surface area contributed by atoms with Gasteiger partial charge >= 0.3 is 6.09 Å². The second kappa shape index (κ2) is 11.5. The molecule has 0 aliphatic carbocycles. The van der Waals surface area contributed by atoms with Gasteiger partial charge in [-0.3, -0.25) is 9.59 Å². The van der Waals surface area contributed by atoms with E-state index in [1.165, 1.54) is 0 Å². The number of aliphatic hydroxyl groups excluding tert-OH is 1. The summed E-state index contributed by atoms with van der Waals surface area (Å²) in [5.74, 6) is -1.83. The number of rotatable bonds is 10. The normalized spacial score (nSPS) is 13.5. The molecule has 1 aromatic rings. The Morgan fingerprint density at radius 1 is 1.30 bits per heavy atom. The number of nitriles is 1. The number of benzene rings is 1. The van der Waals surface area contributed by atoms with Crippen LogP contribution in [0.4, 0.5) is 4.79 Å². The molecule has 9 nitrogen and oxygen atoms in total. The van der Waals surface area contributed by atoms with Gasteiger partial charge in [-0.1, -0.05) is 37.3 Å². The Balaban J connectivity index is 2.34. The summed E-state index contributed by atoms with van der Waals surface area (Å²) < 4.78 is 4.98. The summed E-state index contributed by atoms with van der Waals surface area (Å²) in [6.07, 6.45) is -2.20.